The Morgan fingerprint density at radius 2 is 2.30 bits per heavy atom. The molecule has 6 heteroatoms. The minimum atomic E-state index is -0.867. The fourth-order valence-corrected chi connectivity index (χ4v) is 2.17. The van der Waals surface area contributed by atoms with Crippen LogP contribution < -0.4 is 11.1 Å². The number of nitrogens with one attached hydrogen (secondary N) is 1. The summed E-state index contributed by atoms with van der Waals surface area (Å²) in [4.78, 5) is 23.3. The van der Waals surface area contributed by atoms with E-state index < -0.39 is 23.9 Å². The van der Waals surface area contributed by atoms with Gasteiger partial charge in [-0.15, -0.1) is 0 Å². The van der Waals surface area contributed by atoms with E-state index in [9.17, 15) is 14.0 Å². The summed E-state index contributed by atoms with van der Waals surface area (Å²) in [5, 5.41) is 2.57. The molecule has 1 saturated heterocycles. The first-order valence-corrected chi connectivity index (χ1v) is 6.52. The number of ether oxygens (including phenoxy) is 1. The summed E-state index contributed by atoms with van der Waals surface area (Å²) in [5.41, 5.74) is 5.88. The van der Waals surface area contributed by atoms with Gasteiger partial charge >= 0.3 is 0 Å². The van der Waals surface area contributed by atoms with Gasteiger partial charge < -0.3 is 15.8 Å². The third-order valence-electron chi connectivity index (χ3n) is 3.21. The minimum Gasteiger partial charge on any atom is -0.368 e. The summed E-state index contributed by atoms with van der Waals surface area (Å²) in [6.45, 7) is 0.545. The number of carbonyl (C=O) groups excluding carboxylic acids is 2. The lowest BCUT2D eigenvalue weighted by atomic mass is 10.0. The molecule has 0 aromatic heterocycles. The summed E-state index contributed by atoms with van der Waals surface area (Å²) in [7, 11) is 0. The summed E-state index contributed by atoms with van der Waals surface area (Å²) in [6.07, 6.45) is 1.09. The number of halogens is 1. The van der Waals surface area contributed by atoms with E-state index in [-0.39, 0.29) is 12.3 Å². The summed E-state index contributed by atoms with van der Waals surface area (Å²) >= 11 is 0. The van der Waals surface area contributed by atoms with E-state index in [1.54, 1.807) is 12.1 Å². The zero-order valence-corrected chi connectivity index (χ0v) is 11.0. The highest BCUT2D eigenvalue weighted by molar-refractivity contribution is 5.88. The van der Waals surface area contributed by atoms with Gasteiger partial charge in [0.1, 0.15) is 18.0 Å². The maximum Gasteiger partial charge on any atom is 0.249 e. The molecule has 20 heavy (non-hydrogen) atoms. The Morgan fingerprint density at radius 3 is 2.90 bits per heavy atom. The molecule has 1 aromatic carbocycles. The van der Waals surface area contributed by atoms with Crippen molar-refractivity contribution >= 4 is 11.8 Å². The van der Waals surface area contributed by atoms with Crippen LogP contribution in [0.15, 0.2) is 24.3 Å². The molecule has 1 heterocycles. The highest BCUT2D eigenvalue weighted by atomic mass is 19.1. The number of nitrogens with two attached hydrogens (primary N) is 1. The first kappa shape index (κ1) is 14.5. The average molecular weight is 280 g/mol. The molecule has 108 valence electrons. The van der Waals surface area contributed by atoms with Gasteiger partial charge in [0.25, 0.3) is 0 Å². The zero-order valence-electron chi connectivity index (χ0n) is 11.0. The molecule has 2 rings (SSSR count). The molecule has 0 aliphatic carbocycles. The van der Waals surface area contributed by atoms with Gasteiger partial charge in [-0.25, -0.2) is 4.39 Å². The minimum absolute atomic E-state index is 0.158. The van der Waals surface area contributed by atoms with Crippen molar-refractivity contribution in [1.82, 2.24) is 5.32 Å². The van der Waals surface area contributed by atoms with Gasteiger partial charge in [0, 0.05) is 13.0 Å². The lowest BCUT2D eigenvalue weighted by Crippen LogP contribution is -2.49. The van der Waals surface area contributed by atoms with E-state index in [4.69, 9.17) is 10.5 Å². The number of benzene rings is 1. The smallest absolute Gasteiger partial charge is 0.249 e. The number of carbonyl (C=O) groups is 2. The van der Waals surface area contributed by atoms with Crippen LogP contribution in [-0.2, 0) is 20.7 Å². The Bertz CT molecular complexity index is 501. The lowest BCUT2D eigenvalue weighted by Gasteiger charge is -2.18. The highest BCUT2D eigenvalue weighted by Gasteiger charge is 2.27. The quantitative estimate of drug-likeness (QED) is 0.825. The molecule has 3 N–H and O–H groups in total. The predicted molar refractivity (Wildman–Crippen MR) is 70.2 cm³/mol. The van der Waals surface area contributed by atoms with Crippen molar-refractivity contribution < 1.29 is 18.7 Å². The number of amides is 2. The summed E-state index contributed by atoms with van der Waals surface area (Å²) in [6, 6.07) is 4.98. The largest absolute Gasteiger partial charge is 0.368 e. The molecule has 1 aromatic rings. The zero-order chi connectivity index (χ0) is 14.5. The molecule has 2 amide bonds. The van der Waals surface area contributed by atoms with Crippen molar-refractivity contribution in [2.75, 3.05) is 6.61 Å². The molecule has 5 nitrogen and oxygen atoms in total. The van der Waals surface area contributed by atoms with Crippen LogP contribution in [-0.4, -0.2) is 30.6 Å². The molecular formula is C14H17FN2O3. The van der Waals surface area contributed by atoms with Crippen molar-refractivity contribution in [3.63, 3.8) is 0 Å². The number of hydrogen-bond acceptors (Lipinski definition) is 3. The van der Waals surface area contributed by atoms with Crippen LogP contribution in [0.4, 0.5) is 4.39 Å². The summed E-state index contributed by atoms with van der Waals surface area (Å²) in [5.74, 6) is -1.39. The number of hydrogen-bond donors (Lipinski definition) is 2. The van der Waals surface area contributed by atoms with Crippen LogP contribution >= 0.6 is 0 Å². The Kier molecular flexibility index (Phi) is 4.68. The van der Waals surface area contributed by atoms with Crippen LogP contribution in [0.5, 0.6) is 0 Å². The van der Waals surface area contributed by atoms with Crippen LogP contribution in [0.1, 0.15) is 18.4 Å². The van der Waals surface area contributed by atoms with Gasteiger partial charge in [0.2, 0.25) is 11.8 Å². The summed E-state index contributed by atoms with van der Waals surface area (Å²) < 4.78 is 18.3. The second-order valence-corrected chi connectivity index (χ2v) is 4.80. The third kappa shape index (κ3) is 3.77. The molecule has 0 radical (unpaired) electrons. The van der Waals surface area contributed by atoms with E-state index in [0.717, 1.165) is 6.42 Å². The molecular weight excluding hydrogens is 263 g/mol. The fourth-order valence-electron chi connectivity index (χ4n) is 2.17. The van der Waals surface area contributed by atoms with Crippen molar-refractivity contribution in [2.45, 2.75) is 31.4 Å². The highest BCUT2D eigenvalue weighted by Crippen LogP contribution is 2.13. The van der Waals surface area contributed by atoms with Gasteiger partial charge in [-0.2, -0.15) is 0 Å². The van der Waals surface area contributed by atoms with Gasteiger partial charge in [0.05, 0.1) is 0 Å². The van der Waals surface area contributed by atoms with Gasteiger partial charge in [-0.05, 0) is 30.5 Å². The average Bonchev–Trinajstić information content (AvgIpc) is 2.91. The van der Waals surface area contributed by atoms with E-state index in [1.165, 1.54) is 12.1 Å². The fraction of sp³-hybridized carbons (Fsp3) is 0.429. The predicted octanol–water partition coefficient (Wildman–Crippen LogP) is 0.517. The van der Waals surface area contributed by atoms with Crippen molar-refractivity contribution in [3.05, 3.63) is 35.6 Å². The lowest BCUT2D eigenvalue weighted by molar-refractivity contribution is -0.133. The Labute approximate surface area is 116 Å². The molecule has 0 bridgehead atoms. The van der Waals surface area contributed by atoms with E-state index >= 15 is 0 Å². The number of rotatable bonds is 5. The second kappa shape index (κ2) is 6.47. The molecule has 0 spiro atoms. The Hall–Kier alpha value is -1.95. The van der Waals surface area contributed by atoms with Crippen LogP contribution in [0.2, 0.25) is 0 Å². The molecule has 1 fully saturated rings. The van der Waals surface area contributed by atoms with Gasteiger partial charge in [-0.1, -0.05) is 12.1 Å². The maximum absolute atomic E-state index is 13.1. The molecule has 1 aliphatic heterocycles. The molecule has 1 aliphatic rings. The topological polar surface area (TPSA) is 81.4 Å². The van der Waals surface area contributed by atoms with E-state index in [0.29, 0.717) is 18.6 Å². The monoisotopic (exact) mass is 280 g/mol. The Balaban J connectivity index is 2.00. The second-order valence-electron chi connectivity index (χ2n) is 4.80. The first-order valence-electron chi connectivity index (χ1n) is 6.52. The van der Waals surface area contributed by atoms with Crippen molar-refractivity contribution in [1.29, 1.82) is 0 Å². The standard InChI is InChI=1S/C14H17FN2O3/c15-10-4-1-3-9(7-10)8-11(13(16)18)17-14(19)12-5-2-6-20-12/h1,3-4,7,11-12H,2,5-6,8H2,(H2,16,18)(H,17,19)/t11-,12+/m0/s1. The number of primary amides is 1. The van der Waals surface area contributed by atoms with E-state index in [2.05, 4.69) is 5.32 Å². The van der Waals surface area contributed by atoms with Gasteiger partial charge in [0.15, 0.2) is 0 Å². The van der Waals surface area contributed by atoms with Crippen molar-refractivity contribution in [2.24, 2.45) is 5.73 Å². The third-order valence-corrected chi connectivity index (χ3v) is 3.21. The first-order chi connectivity index (χ1) is 9.56. The molecule has 0 saturated carbocycles. The van der Waals surface area contributed by atoms with E-state index in [1.807, 2.05) is 0 Å². The Morgan fingerprint density at radius 1 is 1.50 bits per heavy atom. The van der Waals surface area contributed by atoms with Crippen LogP contribution in [0.3, 0.4) is 0 Å². The molecule has 2 atom stereocenters. The van der Waals surface area contributed by atoms with Crippen molar-refractivity contribution in [3.8, 4) is 0 Å². The van der Waals surface area contributed by atoms with Gasteiger partial charge in [-0.3, -0.25) is 9.59 Å². The molecule has 0 unspecified atom stereocenters. The maximum atomic E-state index is 13.1. The normalized spacial score (nSPS) is 19.6. The SMILES string of the molecule is NC(=O)[C@H](Cc1cccc(F)c1)NC(=O)[C@H]1CCCO1. The van der Waals surface area contributed by atoms with Crippen LogP contribution in [0, 0.1) is 5.82 Å². The van der Waals surface area contributed by atoms with Crippen LogP contribution in [0.25, 0.3) is 0 Å².